The molecule has 148 valence electrons. The molecule has 29 heavy (non-hydrogen) atoms. The van der Waals surface area contributed by atoms with E-state index in [1.54, 1.807) is 29.0 Å². The number of fused-ring (bicyclic) bond motifs is 2. The van der Waals surface area contributed by atoms with Gasteiger partial charge in [-0.3, -0.25) is 4.98 Å². The fourth-order valence-corrected chi connectivity index (χ4v) is 5.74. The van der Waals surface area contributed by atoms with Crippen LogP contribution in [0.25, 0.3) is 16.6 Å². The van der Waals surface area contributed by atoms with E-state index in [1.165, 1.54) is 21.8 Å². The van der Waals surface area contributed by atoms with Crippen LogP contribution in [0.5, 0.6) is 0 Å². The largest absolute Gasteiger partial charge is 0.256 e. The molecule has 0 amide bonds. The summed E-state index contributed by atoms with van der Waals surface area (Å²) < 4.78 is 29.4. The second kappa shape index (κ2) is 6.89. The predicted octanol–water partition coefficient (Wildman–Crippen LogP) is 3.15. The number of piperidine rings is 1. The molecule has 1 aromatic carbocycles. The number of sulfonamides is 1. The Labute approximate surface area is 169 Å². The quantitative estimate of drug-likeness (QED) is 0.521. The van der Waals surface area contributed by atoms with Gasteiger partial charge in [0.2, 0.25) is 10.0 Å². The molecule has 7 nitrogen and oxygen atoms in total. The van der Waals surface area contributed by atoms with Gasteiger partial charge in [0.05, 0.1) is 11.7 Å². The molecule has 0 saturated carbocycles. The first kappa shape index (κ1) is 18.2. The Morgan fingerprint density at radius 2 is 1.86 bits per heavy atom. The van der Waals surface area contributed by atoms with E-state index in [0.29, 0.717) is 24.7 Å². The van der Waals surface area contributed by atoms with E-state index in [2.05, 4.69) is 40.2 Å². The van der Waals surface area contributed by atoms with E-state index in [4.69, 9.17) is 0 Å². The summed E-state index contributed by atoms with van der Waals surface area (Å²) in [6.45, 7) is 3.08. The summed E-state index contributed by atoms with van der Waals surface area (Å²) in [5.41, 5.74) is 3.87. The molecule has 4 heterocycles. The van der Waals surface area contributed by atoms with Crippen LogP contribution in [0.2, 0.25) is 0 Å². The molecule has 0 unspecified atom stereocenters. The molecule has 1 fully saturated rings. The van der Waals surface area contributed by atoms with Gasteiger partial charge in [0, 0.05) is 37.1 Å². The SMILES string of the molecule is Cc1cc2ncccc2cc1C1CCN(S(=O)(=O)c2cnn3cccnc23)CC1. The second-order valence-electron chi connectivity index (χ2n) is 7.48. The molecule has 5 rings (SSSR count). The average Bonchev–Trinajstić information content (AvgIpc) is 3.18. The average molecular weight is 407 g/mol. The molecular formula is C21H21N5O2S. The highest BCUT2D eigenvalue weighted by atomic mass is 32.2. The van der Waals surface area contributed by atoms with Crippen LogP contribution in [-0.4, -0.2) is 45.4 Å². The van der Waals surface area contributed by atoms with Crippen molar-refractivity contribution in [3.05, 3.63) is 66.2 Å². The Morgan fingerprint density at radius 1 is 1.07 bits per heavy atom. The molecule has 1 saturated heterocycles. The van der Waals surface area contributed by atoms with Gasteiger partial charge in [-0.2, -0.15) is 9.40 Å². The zero-order chi connectivity index (χ0) is 20.0. The smallest absolute Gasteiger partial charge is 0.248 e. The van der Waals surface area contributed by atoms with E-state index in [9.17, 15) is 8.42 Å². The molecule has 0 bridgehead atoms. The minimum atomic E-state index is -3.62. The maximum atomic E-state index is 13.2. The van der Waals surface area contributed by atoms with E-state index in [1.807, 2.05) is 6.07 Å². The van der Waals surface area contributed by atoms with E-state index >= 15 is 0 Å². The molecule has 0 radical (unpaired) electrons. The minimum absolute atomic E-state index is 0.171. The lowest BCUT2D eigenvalue weighted by atomic mass is 9.86. The van der Waals surface area contributed by atoms with Gasteiger partial charge in [0.15, 0.2) is 5.65 Å². The lowest BCUT2D eigenvalue weighted by molar-refractivity contribution is 0.319. The Balaban J connectivity index is 1.40. The number of hydrogen-bond acceptors (Lipinski definition) is 5. The standard InChI is InChI=1S/C21H21N5O2S/c1-15-12-19-17(4-2-7-22-19)13-18(15)16-5-10-25(11-6-16)29(27,28)20-14-24-26-9-3-8-23-21(20)26/h2-4,7-9,12-14,16H,5-6,10-11H2,1H3. The zero-order valence-corrected chi connectivity index (χ0v) is 16.9. The number of pyridine rings is 1. The third-order valence-corrected chi connectivity index (χ3v) is 7.64. The normalized spacial score (nSPS) is 16.6. The van der Waals surface area contributed by atoms with Gasteiger partial charge in [-0.05, 0) is 61.1 Å². The molecule has 8 heteroatoms. The molecular weight excluding hydrogens is 386 g/mol. The third kappa shape index (κ3) is 3.08. The molecule has 0 N–H and O–H groups in total. The van der Waals surface area contributed by atoms with E-state index in [0.717, 1.165) is 23.7 Å². The van der Waals surface area contributed by atoms with Gasteiger partial charge in [-0.25, -0.2) is 17.9 Å². The van der Waals surface area contributed by atoms with Crippen molar-refractivity contribution in [1.82, 2.24) is 23.9 Å². The molecule has 4 aromatic rings. The number of hydrogen-bond donors (Lipinski definition) is 0. The van der Waals surface area contributed by atoms with E-state index < -0.39 is 10.0 Å². The first-order chi connectivity index (χ1) is 14.0. The van der Waals surface area contributed by atoms with Crippen molar-refractivity contribution in [2.45, 2.75) is 30.6 Å². The molecule has 0 aliphatic carbocycles. The second-order valence-corrected chi connectivity index (χ2v) is 9.39. The van der Waals surface area contributed by atoms with Crippen molar-refractivity contribution in [2.75, 3.05) is 13.1 Å². The maximum absolute atomic E-state index is 13.2. The Bertz CT molecular complexity index is 1310. The van der Waals surface area contributed by atoms with Crippen LogP contribution in [0.15, 0.2) is 60.0 Å². The van der Waals surface area contributed by atoms with Crippen LogP contribution in [0.4, 0.5) is 0 Å². The topological polar surface area (TPSA) is 80.5 Å². The van der Waals surface area contributed by atoms with Crippen molar-refractivity contribution in [3.63, 3.8) is 0 Å². The third-order valence-electron chi connectivity index (χ3n) is 5.75. The highest BCUT2D eigenvalue weighted by Crippen LogP contribution is 2.34. The summed E-state index contributed by atoms with van der Waals surface area (Å²) in [4.78, 5) is 8.79. The first-order valence-electron chi connectivity index (χ1n) is 9.68. The van der Waals surface area contributed by atoms with Crippen LogP contribution in [-0.2, 0) is 10.0 Å². The van der Waals surface area contributed by atoms with Crippen molar-refractivity contribution in [2.24, 2.45) is 0 Å². The van der Waals surface area contributed by atoms with Gasteiger partial charge in [0.25, 0.3) is 0 Å². The minimum Gasteiger partial charge on any atom is -0.256 e. The predicted molar refractivity (Wildman–Crippen MR) is 110 cm³/mol. The maximum Gasteiger partial charge on any atom is 0.248 e. The number of benzene rings is 1. The first-order valence-corrected chi connectivity index (χ1v) is 11.1. The van der Waals surface area contributed by atoms with Gasteiger partial charge in [0.1, 0.15) is 4.90 Å². The summed E-state index contributed by atoms with van der Waals surface area (Å²) in [6.07, 6.45) is 8.06. The number of rotatable bonds is 3. The van der Waals surface area contributed by atoms with Crippen molar-refractivity contribution >= 4 is 26.6 Å². The van der Waals surface area contributed by atoms with E-state index in [-0.39, 0.29) is 4.90 Å². The fourth-order valence-electron chi connectivity index (χ4n) is 4.22. The number of aromatic nitrogens is 4. The monoisotopic (exact) mass is 407 g/mol. The van der Waals surface area contributed by atoms with Crippen molar-refractivity contribution < 1.29 is 8.42 Å². The summed E-state index contributed by atoms with van der Waals surface area (Å²) in [7, 11) is -3.62. The van der Waals surface area contributed by atoms with Gasteiger partial charge < -0.3 is 0 Å². The molecule has 0 spiro atoms. The molecule has 1 aliphatic rings. The van der Waals surface area contributed by atoms with Crippen LogP contribution < -0.4 is 0 Å². The van der Waals surface area contributed by atoms with Crippen LogP contribution >= 0.6 is 0 Å². The highest BCUT2D eigenvalue weighted by molar-refractivity contribution is 7.89. The Morgan fingerprint density at radius 3 is 2.69 bits per heavy atom. The van der Waals surface area contributed by atoms with Gasteiger partial charge in [-0.1, -0.05) is 6.07 Å². The van der Waals surface area contributed by atoms with Gasteiger partial charge in [-0.15, -0.1) is 0 Å². The van der Waals surface area contributed by atoms with Crippen LogP contribution in [0, 0.1) is 6.92 Å². The Hall–Kier alpha value is -2.84. The Kier molecular flexibility index (Phi) is 4.33. The summed E-state index contributed by atoms with van der Waals surface area (Å²) in [5.74, 6) is 0.341. The summed E-state index contributed by atoms with van der Waals surface area (Å²) in [5, 5.41) is 5.25. The van der Waals surface area contributed by atoms with Crippen molar-refractivity contribution in [3.8, 4) is 0 Å². The van der Waals surface area contributed by atoms with Crippen LogP contribution in [0.1, 0.15) is 29.9 Å². The van der Waals surface area contributed by atoms with Crippen LogP contribution in [0.3, 0.4) is 0 Å². The molecule has 0 atom stereocenters. The highest BCUT2D eigenvalue weighted by Gasteiger charge is 2.32. The zero-order valence-electron chi connectivity index (χ0n) is 16.1. The molecule has 1 aliphatic heterocycles. The lowest BCUT2D eigenvalue weighted by Crippen LogP contribution is -2.38. The lowest BCUT2D eigenvalue weighted by Gasteiger charge is -2.32. The molecule has 3 aromatic heterocycles. The summed E-state index contributed by atoms with van der Waals surface area (Å²) >= 11 is 0. The van der Waals surface area contributed by atoms with Gasteiger partial charge >= 0.3 is 0 Å². The number of aryl methyl sites for hydroxylation is 1. The fraction of sp³-hybridized carbons (Fsp3) is 0.286. The summed E-state index contributed by atoms with van der Waals surface area (Å²) in [6, 6.07) is 10.1. The van der Waals surface area contributed by atoms with Crippen molar-refractivity contribution in [1.29, 1.82) is 0 Å². The number of nitrogens with zero attached hydrogens (tertiary/aromatic N) is 5.